The van der Waals surface area contributed by atoms with E-state index in [0.717, 1.165) is 38.0 Å². The fraction of sp³-hybridized carbons (Fsp3) is 0.588. The molecule has 1 amide bonds. The largest absolute Gasteiger partial charge is 0.347 e. The number of carbonyl (C=O) groups excluding carboxylic acids is 1. The van der Waals surface area contributed by atoms with Gasteiger partial charge < -0.3 is 14.8 Å². The number of piperidine rings is 1. The van der Waals surface area contributed by atoms with Crippen LogP contribution in [-0.2, 0) is 20.7 Å². The summed E-state index contributed by atoms with van der Waals surface area (Å²) in [6.45, 7) is 5.58. The molecule has 0 bridgehead atoms. The highest BCUT2D eigenvalue weighted by Crippen LogP contribution is 2.31. The molecule has 2 saturated heterocycles. The van der Waals surface area contributed by atoms with E-state index in [0.29, 0.717) is 19.8 Å². The van der Waals surface area contributed by atoms with Gasteiger partial charge in [0.15, 0.2) is 5.79 Å². The monoisotopic (exact) mass is 304 g/mol. The minimum absolute atomic E-state index is 0.0393. The molecule has 0 radical (unpaired) electrons. The number of benzene rings is 1. The van der Waals surface area contributed by atoms with Crippen LogP contribution in [0.2, 0.25) is 0 Å². The maximum absolute atomic E-state index is 12.2. The standard InChI is InChI=1S/C17H24N2O3/c1-2-14-4-3-5-15(12-14)18-16(20)13-19-8-6-17(7-9-19)21-10-11-22-17/h3-5,12H,2,6-11,13H2,1H3,(H,18,20). The van der Waals surface area contributed by atoms with E-state index in [-0.39, 0.29) is 11.7 Å². The lowest BCUT2D eigenvalue weighted by molar-refractivity contribution is -0.185. The van der Waals surface area contributed by atoms with Crippen molar-refractivity contribution < 1.29 is 14.3 Å². The molecule has 5 heteroatoms. The Labute approximate surface area is 131 Å². The number of anilines is 1. The second kappa shape index (κ2) is 6.77. The average molecular weight is 304 g/mol. The molecule has 2 fully saturated rings. The first-order valence-electron chi connectivity index (χ1n) is 8.08. The van der Waals surface area contributed by atoms with Gasteiger partial charge in [0.2, 0.25) is 5.91 Å². The van der Waals surface area contributed by atoms with Crippen molar-refractivity contribution in [2.45, 2.75) is 32.0 Å². The van der Waals surface area contributed by atoms with Crippen LogP contribution in [0.15, 0.2) is 24.3 Å². The van der Waals surface area contributed by atoms with Crippen molar-refractivity contribution in [2.24, 2.45) is 0 Å². The summed E-state index contributed by atoms with van der Waals surface area (Å²) in [5.74, 6) is -0.333. The average Bonchev–Trinajstić information content (AvgIpc) is 2.98. The third-order valence-corrected chi connectivity index (χ3v) is 4.42. The highest BCUT2D eigenvalue weighted by molar-refractivity contribution is 5.92. The van der Waals surface area contributed by atoms with E-state index in [1.807, 2.05) is 18.2 Å². The van der Waals surface area contributed by atoms with E-state index in [4.69, 9.17) is 9.47 Å². The SMILES string of the molecule is CCc1cccc(NC(=O)CN2CCC3(CC2)OCCO3)c1. The maximum atomic E-state index is 12.2. The highest BCUT2D eigenvalue weighted by Gasteiger charge is 2.39. The first-order chi connectivity index (χ1) is 10.7. The number of amides is 1. The van der Waals surface area contributed by atoms with Crippen LogP contribution in [0.5, 0.6) is 0 Å². The fourth-order valence-electron chi connectivity index (χ4n) is 3.11. The van der Waals surface area contributed by atoms with Crippen LogP contribution in [0.4, 0.5) is 5.69 Å². The van der Waals surface area contributed by atoms with Gasteiger partial charge in [0, 0.05) is 31.6 Å². The summed E-state index contributed by atoms with van der Waals surface area (Å²) >= 11 is 0. The molecular weight excluding hydrogens is 280 g/mol. The summed E-state index contributed by atoms with van der Waals surface area (Å²) in [7, 11) is 0. The minimum Gasteiger partial charge on any atom is -0.347 e. The van der Waals surface area contributed by atoms with E-state index in [1.54, 1.807) is 0 Å². The summed E-state index contributed by atoms with van der Waals surface area (Å²) < 4.78 is 11.4. The molecule has 0 unspecified atom stereocenters. The van der Waals surface area contributed by atoms with Gasteiger partial charge in [-0.2, -0.15) is 0 Å². The predicted molar refractivity (Wildman–Crippen MR) is 84.8 cm³/mol. The van der Waals surface area contributed by atoms with E-state index < -0.39 is 0 Å². The summed E-state index contributed by atoms with van der Waals surface area (Å²) in [5, 5.41) is 2.98. The van der Waals surface area contributed by atoms with Crippen LogP contribution in [-0.4, -0.2) is 49.4 Å². The van der Waals surface area contributed by atoms with E-state index in [9.17, 15) is 4.79 Å². The molecule has 0 atom stereocenters. The number of rotatable bonds is 4. The molecule has 0 aromatic heterocycles. The van der Waals surface area contributed by atoms with Crippen LogP contribution in [0, 0.1) is 0 Å². The second-order valence-corrected chi connectivity index (χ2v) is 5.99. The minimum atomic E-state index is -0.373. The zero-order chi connectivity index (χ0) is 15.4. The predicted octanol–water partition coefficient (Wildman–Crippen LogP) is 2.03. The number of nitrogens with one attached hydrogen (secondary N) is 1. The van der Waals surface area contributed by atoms with E-state index in [1.165, 1.54) is 5.56 Å². The van der Waals surface area contributed by atoms with Crippen LogP contribution in [0.25, 0.3) is 0 Å². The summed E-state index contributed by atoms with van der Waals surface area (Å²) in [6.07, 6.45) is 2.65. The Balaban J connectivity index is 1.48. The lowest BCUT2D eigenvalue weighted by Crippen LogP contribution is -2.47. The van der Waals surface area contributed by atoms with E-state index in [2.05, 4.69) is 23.2 Å². The number of hydrogen-bond acceptors (Lipinski definition) is 4. The van der Waals surface area contributed by atoms with Gasteiger partial charge in [0.1, 0.15) is 0 Å². The summed E-state index contributed by atoms with van der Waals surface area (Å²) in [4.78, 5) is 14.3. The lowest BCUT2D eigenvalue weighted by atomic mass is 10.0. The van der Waals surface area contributed by atoms with Gasteiger partial charge in [-0.3, -0.25) is 9.69 Å². The Morgan fingerprint density at radius 2 is 2.00 bits per heavy atom. The molecule has 120 valence electrons. The first-order valence-corrected chi connectivity index (χ1v) is 8.08. The third-order valence-electron chi connectivity index (χ3n) is 4.42. The van der Waals surface area contributed by atoms with Crippen molar-refractivity contribution in [3.8, 4) is 0 Å². The zero-order valence-corrected chi connectivity index (χ0v) is 13.1. The highest BCUT2D eigenvalue weighted by atomic mass is 16.7. The van der Waals surface area contributed by atoms with Crippen LogP contribution in [0.1, 0.15) is 25.3 Å². The van der Waals surface area contributed by atoms with Gasteiger partial charge in [0.25, 0.3) is 0 Å². The molecule has 2 heterocycles. The molecule has 2 aliphatic rings. The Morgan fingerprint density at radius 3 is 2.68 bits per heavy atom. The number of hydrogen-bond donors (Lipinski definition) is 1. The van der Waals surface area contributed by atoms with Crippen LogP contribution in [0.3, 0.4) is 0 Å². The second-order valence-electron chi connectivity index (χ2n) is 5.99. The molecular formula is C17H24N2O3. The Bertz CT molecular complexity index is 516. The van der Waals surface area contributed by atoms with Crippen molar-refractivity contribution in [1.29, 1.82) is 0 Å². The smallest absolute Gasteiger partial charge is 0.238 e. The molecule has 22 heavy (non-hydrogen) atoms. The van der Waals surface area contributed by atoms with Gasteiger partial charge in [0.05, 0.1) is 19.8 Å². The molecule has 1 spiro atoms. The van der Waals surface area contributed by atoms with Crippen molar-refractivity contribution in [3.05, 3.63) is 29.8 Å². The molecule has 1 N–H and O–H groups in total. The summed E-state index contributed by atoms with van der Waals surface area (Å²) in [6, 6.07) is 8.01. The van der Waals surface area contributed by atoms with Crippen molar-refractivity contribution in [3.63, 3.8) is 0 Å². The molecule has 0 aliphatic carbocycles. The number of likely N-dealkylation sites (tertiary alicyclic amines) is 1. The fourth-order valence-corrected chi connectivity index (χ4v) is 3.11. The van der Waals surface area contributed by atoms with Gasteiger partial charge in [-0.1, -0.05) is 19.1 Å². The van der Waals surface area contributed by atoms with Crippen LogP contribution >= 0.6 is 0 Å². The van der Waals surface area contributed by atoms with Gasteiger partial charge in [-0.25, -0.2) is 0 Å². The Hall–Kier alpha value is -1.43. The molecule has 3 rings (SSSR count). The number of carbonyl (C=O) groups is 1. The Morgan fingerprint density at radius 1 is 1.27 bits per heavy atom. The molecule has 1 aromatic rings. The van der Waals surface area contributed by atoms with Crippen LogP contribution < -0.4 is 5.32 Å². The molecule has 0 saturated carbocycles. The van der Waals surface area contributed by atoms with E-state index >= 15 is 0 Å². The molecule has 2 aliphatic heterocycles. The Kier molecular flexibility index (Phi) is 4.76. The maximum Gasteiger partial charge on any atom is 0.238 e. The van der Waals surface area contributed by atoms with Gasteiger partial charge >= 0.3 is 0 Å². The van der Waals surface area contributed by atoms with Crippen molar-refractivity contribution in [2.75, 3.05) is 38.2 Å². The zero-order valence-electron chi connectivity index (χ0n) is 13.1. The van der Waals surface area contributed by atoms with Crippen molar-refractivity contribution in [1.82, 2.24) is 4.90 Å². The third kappa shape index (κ3) is 3.66. The first kappa shape index (κ1) is 15.5. The topological polar surface area (TPSA) is 50.8 Å². The van der Waals surface area contributed by atoms with Gasteiger partial charge in [-0.05, 0) is 24.1 Å². The molecule has 1 aromatic carbocycles. The van der Waals surface area contributed by atoms with Gasteiger partial charge in [-0.15, -0.1) is 0 Å². The number of ether oxygens (including phenoxy) is 2. The lowest BCUT2D eigenvalue weighted by Gasteiger charge is -2.37. The number of nitrogens with zero attached hydrogens (tertiary/aromatic N) is 1. The number of aryl methyl sites for hydroxylation is 1. The molecule has 5 nitrogen and oxygen atoms in total. The quantitative estimate of drug-likeness (QED) is 0.925. The van der Waals surface area contributed by atoms with Crippen molar-refractivity contribution >= 4 is 11.6 Å². The summed E-state index contributed by atoms with van der Waals surface area (Å²) in [5.41, 5.74) is 2.11. The normalized spacial score (nSPS) is 21.1.